The lowest BCUT2D eigenvalue weighted by molar-refractivity contribution is -0.118. The molecule has 128 valence electrons. The molecule has 0 spiro atoms. The molecule has 5 heteroatoms. The molecule has 3 rings (SSSR count). The standard InChI is InChI=1S/C20H21N3OS/c1-3-23(16-8-6-7-15(2)13-16)20(24)11-10-19-22-18(14-25-19)17-9-4-5-12-21-17/h4-9,12-14H,3,10-11H2,1-2H3. The van der Waals surface area contributed by atoms with Crippen molar-refractivity contribution >= 4 is 22.9 Å². The van der Waals surface area contributed by atoms with Gasteiger partial charge in [-0.2, -0.15) is 0 Å². The van der Waals surface area contributed by atoms with E-state index in [2.05, 4.69) is 9.97 Å². The van der Waals surface area contributed by atoms with Crippen LogP contribution in [0.4, 0.5) is 5.69 Å². The summed E-state index contributed by atoms with van der Waals surface area (Å²) in [5, 5.41) is 2.97. The maximum absolute atomic E-state index is 12.6. The van der Waals surface area contributed by atoms with Crippen molar-refractivity contribution in [3.05, 3.63) is 64.6 Å². The molecule has 2 aromatic heterocycles. The van der Waals surface area contributed by atoms with E-state index in [0.717, 1.165) is 27.6 Å². The second-order valence-electron chi connectivity index (χ2n) is 5.82. The van der Waals surface area contributed by atoms with Gasteiger partial charge in [0.15, 0.2) is 0 Å². The van der Waals surface area contributed by atoms with Gasteiger partial charge in [0.1, 0.15) is 0 Å². The molecule has 0 saturated carbocycles. The molecule has 0 N–H and O–H groups in total. The van der Waals surface area contributed by atoms with Crippen LogP contribution in [0.2, 0.25) is 0 Å². The highest BCUT2D eigenvalue weighted by molar-refractivity contribution is 7.09. The van der Waals surface area contributed by atoms with Gasteiger partial charge in [0.05, 0.1) is 16.4 Å². The number of thiazole rings is 1. The van der Waals surface area contributed by atoms with Crippen molar-refractivity contribution in [2.24, 2.45) is 0 Å². The highest BCUT2D eigenvalue weighted by atomic mass is 32.1. The minimum atomic E-state index is 0.127. The maximum atomic E-state index is 12.6. The number of aryl methyl sites for hydroxylation is 2. The van der Waals surface area contributed by atoms with Gasteiger partial charge >= 0.3 is 0 Å². The van der Waals surface area contributed by atoms with Crippen molar-refractivity contribution in [2.75, 3.05) is 11.4 Å². The van der Waals surface area contributed by atoms with Gasteiger partial charge in [0.2, 0.25) is 5.91 Å². The number of benzene rings is 1. The molecule has 0 aliphatic carbocycles. The molecule has 1 amide bonds. The third-order valence-corrected chi connectivity index (χ3v) is 4.87. The highest BCUT2D eigenvalue weighted by Gasteiger charge is 2.15. The number of carbonyl (C=O) groups excluding carboxylic acids is 1. The van der Waals surface area contributed by atoms with Crippen molar-refractivity contribution < 1.29 is 4.79 Å². The van der Waals surface area contributed by atoms with Crippen LogP contribution in [0.1, 0.15) is 23.9 Å². The van der Waals surface area contributed by atoms with E-state index in [0.29, 0.717) is 19.4 Å². The van der Waals surface area contributed by atoms with Crippen LogP contribution in [0.15, 0.2) is 54.0 Å². The van der Waals surface area contributed by atoms with Crippen LogP contribution >= 0.6 is 11.3 Å². The number of anilines is 1. The summed E-state index contributed by atoms with van der Waals surface area (Å²) in [6, 6.07) is 13.8. The zero-order valence-electron chi connectivity index (χ0n) is 14.5. The molecule has 4 nitrogen and oxygen atoms in total. The molecule has 0 radical (unpaired) electrons. The predicted octanol–water partition coefficient (Wildman–Crippen LogP) is 4.50. The Kier molecular flexibility index (Phi) is 5.56. The first-order valence-corrected chi connectivity index (χ1v) is 9.28. The van der Waals surface area contributed by atoms with E-state index in [1.54, 1.807) is 17.5 Å². The Morgan fingerprint density at radius 3 is 2.76 bits per heavy atom. The second-order valence-corrected chi connectivity index (χ2v) is 6.76. The monoisotopic (exact) mass is 351 g/mol. The Hall–Kier alpha value is -2.53. The number of carbonyl (C=O) groups is 1. The first-order chi connectivity index (χ1) is 12.2. The summed E-state index contributed by atoms with van der Waals surface area (Å²) >= 11 is 1.58. The topological polar surface area (TPSA) is 46.1 Å². The Balaban J connectivity index is 1.65. The number of aromatic nitrogens is 2. The number of rotatable bonds is 6. The average Bonchev–Trinajstić information content (AvgIpc) is 3.10. The van der Waals surface area contributed by atoms with Gasteiger partial charge in [0, 0.05) is 36.7 Å². The summed E-state index contributed by atoms with van der Waals surface area (Å²) < 4.78 is 0. The van der Waals surface area contributed by atoms with E-state index in [4.69, 9.17) is 0 Å². The quantitative estimate of drug-likeness (QED) is 0.657. The summed E-state index contributed by atoms with van der Waals surface area (Å²) in [7, 11) is 0. The Bertz CT molecular complexity index is 845. The fourth-order valence-corrected chi connectivity index (χ4v) is 3.50. The van der Waals surface area contributed by atoms with Crippen molar-refractivity contribution in [1.82, 2.24) is 9.97 Å². The van der Waals surface area contributed by atoms with Gasteiger partial charge in [-0.25, -0.2) is 4.98 Å². The van der Waals surface area contributed by atoms with Crippen LogP contribution in [-0.2, 0) is 11.2 Å². The van der Waals surface area contributed by atoms with Gasteiger partial charge < -0.3 is 4.90 Å². The van der Waals surface area contributed by atoms with E-state index in [1.807, 2.05) is 66.6 Å². The molecule has 0 aliphatic rings. The molecule has 0 saturated heterocycles. The Morgan fingerprint density at radius 2 is 2.04 bits per heavy atom. The molecule has 0 unspecified atom stereocenters. The number of amides is 1. The van der Waals surface area contributed by atoms with Crippen molar-refractivity contribution in [2.45, 2.75) is 26.7 Å². The summed E-state index contributed by atoms with van der Waals surface area (Å²) in [5.74, 6) is 0.127. The molecular formula is C20H21N3OS. The average molecular weight is 351 g/mol. The lowest BCUT2D eigenvalue weighted by Gasteiger charge is -2.21. The summed E-state index contributed by atoms with van der Waals surface area (Å²) in [4.78, 5) is 23.4. The zero-order chi connectivity index (χ0) is 17.6. The molecule has 3 aromatic rings. The Morgan fingerprint density at radius 1 is 1.16 bits per heavy atom. The molecule has 1 aromatic carbocycles. The van der Waals surface area contributed by atoms with Crippen molar-refractivity contribution in [3.8, 4) is 11.4 Å². The van der Waals surface area contributed by atoms with E-state index in [9.17, 15) is 4.79 Å². The van der Waals surface area contributed by atoms with E-state index >= 15 is 0 Å². The van der Waals surface area contributed by atoms with Crippen LogP contribution in [0, 0.1) is 6.92 Å². The fourth-order valence-electron chi connectivity index (χ4n) is 2.71. The van der Waals surface area contributed by atoms with E-state index in [-0.39, 0.29) is 5.91 Å². The smallest absolute Gasteiger partial charge is 0.227 e. The predicted molar refractivity (Wildman–Crippen MR) is 103 cm³/mol. The van der Waals surface area contributed by atoms with Crippen LogP contribution in [0.3, 0.4) is 0 Å². The Labute approximate surface area is 152 Å². The van der Waals surface area contributed by atoms with Gasteiger partial charge in [-0.1, -0.05) is 18.2 Å². The molecule has 0 aliphatic heterocycles. The molecule has 0 bridgehead atoms. The zero-order valence-corrected chi connectivity index (χ0v) is 15.3. The SMILES string of the molecule is CCN(C(=O)CCc1nc(-c2ccccn2)cs1)c1cccc(C)c1. The molecule has 25 heavy (non-hydrogen) atoms. The van der Waals surface area contributed by atoms with Crippen LogP contribution in [-0.4, -0.2) is 22.4 Å². The normalized spacial score (nSPS) is 10.6. The minimum Gasteiger partial charge on any atom is -0.313 e. The van der Waals surface area contributed by atoms with Gasteiger partial charge in [-0.3, -0.25) is 9.78 Å². The number of hydrogen-bond acceptors (Lipinski definition) is 4. The fraction of sp³-hybridized carbons (Fsp3) is 0.250. The van der Waals surface area contributed by atoms with E-state index in [1.165, 1.54) is 0 Å². The third-order valence-electron chi connectivity index (χ3n) is 3.96. The lowest BCUT2D eigenvalue weighted by Crippen LogP contribution is -2.30. The second kappa shape index (κ2) is 8.03. The van der Waals surface area contributed by atoms with Gasteiger partial charge in [0.25, 0.3) is 0 Å². The van der Waals surface area contributed by atoms with E-state index < -0.39 is 0 Å². The van der Waals surface area contributed by atoms with Gasteiger partial charge in [-0.05, 0) is 43.7 Å². The van der Waals surface area contributed by atoms with Gasteiger partial charge in [-0.15, -0.1) is 11.3 Å². The number of hydrogen-bond donors (Lipinski definition) is 0. The molecule has 2 heterocycles. The number of nitrogens with zero attached hydrogens (tertiary/aromatic N) is 3. The molecule has 0 atom stereocenters. The lowest BCUT2D eigenvalue weighted by atomic mass is 10.2. The summed E-state index contributed by atoms with van der Waals surface area (Å²) in [6.07, 6.45) is 2.87. The van der Waals surface area contributed by atoms with Crippen LogP contribution in [0.25, 0.3) is 11.4 Å². The largest absolute Gasteiger partial charge is 0.313 e. The summed E-state index contributed by atoms with van der Waals surface area (Å²) in [5.41, 5.74) is 3.86. The third kappa shape index (κ3) is 4.31. The van der Waals surface area contributed by atoms with Crippen molar-refractivity contribution in [3.63, 3.8) is 0 Å². The summed E-state index contributed by atoms with van der Waals surface area (Å²) in [6.45, 7) is 4.71. The highest BCUT2D eigenvalue weighted by Crippen LogP contribution is 2.22. The first kappa shape index (κ1) is 17.3. The minimum absolute atomic E-state index is 0.127. The first-order valence-electron chi connectivity index (χ1n) is 8.40. The van der Waals surface area contributed by atoms with Crippen molar-refractivity contribution in [1.29, 1.82) is 0 Å². The molecule has 0 fully saturated rings. The van der Waals surface area contributed by atoms with Crippen LogP contribution in [0.5, 0.6) is 0 Å². The molecular weight excluding hydrogens is 330 g/mol. The maximum Gasteiger partial charge on any atom is 0.227 e. The number of pyridine rings is 1. The van der Waals surface area contributed by atoms with Crippen LogP contribution < -0.4 is 4.90 Å².